The molecule has 0 aromatic heterocycles. The predicted molar refractivity (Wildman–Crippen MR) is 132 cm³/mol. The average Bonchev–Trinajstić information content (AvgIpc) is 2.79. The van der Waals surface area contributed by atoms with Crippen molar-refractivity contribution in [3.05, 3.63) is 0 Å². The number of ether oxygens (including phenoxy) is 4. The molecule has 2 amide bonds. The molecule has 37 heavy (non-hydrogen) atoms. The predicted octanol–water partition coefficient (Wildman–Crippen LogP) is -0.220. The zero-order valence-electron chi connectivity index (χ0n) is 21.7. The van der Waals surface area contributed by atoms with Crippen LogP contribution in [-0.2, 0) is 51.7 Å². The summed E-state index contributed by atoms with van der Waals surface area (Å²) >= 11 is 1.72. The number of carbonyl (C=O) groups is 4. The molecule has 0 aromatic carbocycles. The van der Waals surface area contributed by atoms with Crippen LogP contribution in [0.3, 0.4) is 0 Å². The highest BCUT2D eigenvalue weighted by Gasteiger charge is 2.19. The molecule has 0 fully saturated rings. The van der Waals surface area contributed by atoms with E-state index in [0.29, 0.717) is 24.8 Å². The number of hydrogen-bond acceptors (Lipinski definition) is 13. The fourth-order valence-corrected chi connectivity index (χ4v) is 3.81. The maximum atomic E-state index is 11.8. The Hall–Kier alpha value is -1.74. The second kappa shape index (κ2) is 21.2. The molecule has 0 bridgehead atoms. The third kappa shape index (κ3) is 24.4. The third-order valence-corrected chi connectivity index (χ3v) is 5.92. The van der Waals surface area contributed by atoms with E-state index in [1.807, 2.05) is 0 Å². The molecule has 0 saturated carbocycles. The number of phosphoric ester groups is 1. The minimum Gasteiger partial charge on any atom is -0.756 e. The topological polar surface area (TPSA) is 188 Å². The van der Waals surface area contributed by atoms with E-state index in [-0.39, 0.29) is 38.9 Å². The zero-order valence-corrected chi connectivity index (χ0v) is 23.4. The van der Waals surface area contributed by atoms with Crippen LogP contribution in [-0.4, -0.2) is 100 Å². The quantitative estimate of drug-likeness (QED) is 0.0984. The minimum atomic E-state index is -4.76. The summed E-state index contributed by atoms with van der Waals surface area (Å²) in [7, 11) is -4.76. The van der Waals surface area contributed by atoms with Crippen molar-refractivity contribution in [2.24, 2.45) is 0 Å². The van der Waals surface area contributed by atoms with Crippen molar-refractivity contribution in [1.29, 1.82) is 0 Å². The highest BCUT2D eigenvalue weighted by atomic mass is 32.2. The van der Waals surface area contributed by atoms with Crippen LogP contribution in [0.1, 0.15) is 34.1 Å². The van der Waals surface area contributed by atoms with Gasteiger partial charge in [0.05, 0.1) is 33.0 Å². The Morgan fingerprint density at radius 1 is 0.865 bits per heavy atom. The molecule has 0 aliphatic heterocycles. The Balaban J connectivity index is 3.81. The van der Waals surface area contributed by atoms with E-state index in [4.69, 9.17) is 14.2 Å². The zero-order chi connectivity index (χ0) is 28.1. The fourth-order valence-electron chi connectivity index (χ4n) is 2.29. The van der Waals surface area contributed by atoms with Crippen LogP contribution in [0, 0.1) is 0 Å². The van der Waals surface area contributed by atoms with Gasteiger partial charge >= 0.3 is 11.9 Å². The molecule has 0 rings (SSSR count). The molecule has 0 heterocycles. The summed E-state index contributed by atoms with van der Waals surface area (Å²) in [5.41, 5.74) is 0. The molecule has 0 saturated heterocycles. The van der Waals surface area contributed by atoms with Crippen LogP contribution in [0.15, 0.2) is 0 Å². The van der Waals surface area contributed by atoms with Gasteiger partial charge in [-0.05, 0) is 5.25 Å². The second-order valence-corrected chi connectivity index (χ2v) is 10.7. The largest absolute Gasteiger partial charge is 0.756 e. The maximum absolute atomic E-state index is 11.8. The highest BCUT2D eigenvalue weighted by Crippen LogP contribution is 2.38. The smallest absolute Gasteiger partial charge is 0.303 e. The monoisotopic (exact) mass is 573 g/mol. The summed E-state index contributed by atoms with van der Waals surface area (Å²) < 4.78 is 41.0. The van der Waals surface area contributed by atoms with E-state index in [9.17, 15) is 28.6 Å². The molecule has 0 aromatic rings. The molecule has 216 valence electrons. The van der Waals surface area contributed by atoms with Crippen LogP contribution in [0.5, 0.6) is 0 Å². The summed E-state index contributed by atoms with van der Waals surface area (Å²) in [5.74, 6) is -1.10. The first-order valence-electron chi connectivity index (χ1n) is 11.6. The molecule has 0 aliphatic rings. The van der Waals surface area contributed by atoms with Crippen LogP contribution >= 0.6 is 19.6 Å². The molecular weight excluding hydrogens is 535 g/mol. The highest BCUT2D eigenvalue weighted by molar-refractivity contribution is 7.99. The number of phosphoric acid groups is 1. The first-order chi connectivity index (χ1) is 17.4. The fraction of sp³-hybridized carbons (Fsp3) is 0.810. The van der Waals surface area contributed by atoms with Gasteiger partial charge in [-0.15, -0.1) is 0 Å². The molecule has 1 unspecified atom stereocenters. The second-order valence-electron chi connectivity index (χ2n) is 7.64. The van der Waals surface area contributed by atoms with Crippen molar-refractivity contribution in [3.63, 3.8) is 0 Å². The number of nitrogens with one attached hydrogen (secondary N) is 2. The molecule has 2 atom stereocenters. The van der Waals surface area contributed by atoms with Crippen molar-refractivity contribution < 1.29 is 56.6 Å². The van der Waals surface area contributed by atoms with Crippen molar-refractivity contribution in [2.75, 3.05) is 65.1 Å². The SMILES string of the molecule is CC(=O)OC[C@H](COP(=O)([O-])OCCNC(=O)COCCOCCNC(=O)CCSC(C)C)OC(C)=O. The standard InChI is InChI=1S/C21H39N2O12PS/c1-16(2)37-12-5-20(26)22-6-8-30-10-11-31-15-21(27)23-7-9-33-36(28,29)34-14-19(35-18(4)25)13-32-17(3)24/h16,19H,5-15H2,1-4H3,(H,22,26)(H,23,27)(H,28,29)/p-1/t19-/m1/s1. The normalized spacial score (nSPS) is 13.5. The lowest BCUT2D eigenvalue weighted by Crippen LogP contribution is -2.32. The van der Waals surface area contributed by atoms with E-state index in [0.717, 1.165) is 19.6 Å². The number of hydrogen-bond donors (Lipinski definition) is 2. The Morgan fingerprint density at radius 2 is 1.51 bits per heavy atom. The van der Waals surface area contributed by atoms with Crippen molar-refractivity contribution >= 4 is 43.3 Å². The van der Waals surface area contributed by atoms with Gasteiger partial charge in [-0.1, -0.05) is 13.8 Å². The van der Waals surface area contributed by atoms with Crippen LogP contribution in [0.25, 0.3) is 0 Å². The lowest BCUT2D eigenvalue weighted by Gasteiger charge is -2.25. The van der Waals surface area contributed by atoms with Crippen molar-refractivity contribution in [2.45, 2.75) is 45.5 Å². The summed E-state index contributed by atoms with van der Waals surface area (Å²) in [4.78, 5) is 57.0. The van der Waals surface area contributed by atoms with Gasteiger partial charge in [0.25, 0.3) is 7.82 Å². The van der Waals surface area contributed by atoms with E-state index in [2.05, 4.69) is 38.3 Å². The molecule has 0 spiro atoms. The summed E-state index contributed by atoms with van der Waals surface area (Å²) in [5, 5.41) is 5.65. The number of rotatable bonds is 22. The number of thioether (sulfide) groups is 1. The molecular formula is C21H38N2O12PS-. The van der Waals surface area contributed by atoms with Crippen LogP contribution in [0.2, 0.25) is 0 Å². The van der Waals surface area contributed by atoms with Crippen LogP contribution in [0.4, 0.5) is 0 Å². The molecule has 0 aliphatic carbocycles. The maximum Gasteiger partial charge on any atom is 0.303 e. The summed E-state index contributed by atoms with van der Waals surface area (Å²) in [6.45, 7) is 5.69. The van der Waals surface area contributed by atoms with Gasteiger partial charge in [0.1, 0.15) is 13.2 Å². The van der Waals surface area contributed by atoms with E-state index < -0.39 is 45.0 Å². The van der Waals surface area contributed by atoms with Gasteiger partial charge in [-0.3, -0.25) is 23.7 Å². The van der Waals surface area contributed by atoms with E-state index in [1.54, 1.807) is 11.8 Å². The average molecular weight is 574 g/mol. The Bertz CT molecular complexity index is 740. The Labute approximate surface area is 221 Å². The Kier molecular flexibility index (Phi) is 20.2. The lowest BCUT2D eigenvalue weighted by molar-refractivity contribution is -0.228. The molecule has 16 heteroatoms. The van der Waals surface area contributed by atoms with Crippen molar-refractivity contribution in [1.82, 2.24) is 10.6 Å². The third-order valence-electron chi connectivity index (χ3n) is 3.85. The van der Waals surface area contributed by atoms with Gasteiger partial charge in [0.15, 0.2) is 6.10 Å². The van der Waals surface area contributed by atoms with Gasteiger partial charge < -0.3 is 43.5 Å². The molecule has 2 N–H and O–H groups in total. The molecule has 0 radical (unpaired) electrons. The minimum absolute atomic E-state index is 0.0287. The number of amides is 2. The Morgan fingerprint density at radius 3 is 2.16 bits per heavy atom. The van der Waals surface area contributed by atoms with Crippen molar-refractivity contribution in [3.8, 4) is 0 Å². The summed E-state index contributed by atoms with van der Waals surface area (Å²) in [6.07, 6.45) is -0.676. The van der Waals surface area contributed by atoms with Crippen LogP contribution < -0.4 is 15.5 Å². The number of carbonyl (C=O) groups excluding carboxylic acids is 4. The van der Waals surface area contributed by atoms with Gasteiger partial charge in [0.2, 0.25) is 11.8 Å². The van der Waals surface area contributed by atoms with E-state index >= 15 is 0 Å². The van der Waals surface area contributed by atoms with Gasteiger partial charge in [0, 0.05) is 39.1 Å². The summed E-state index contributed by atoms with van der Waals surface area (Å²) in [6, 6.07) is 0. The van der Waals surface area contributed by atoms with Gasteiger partial charge in [-0.25, -0.2) is 0 Å². The number of esters is 2. The van der Waals surface area contributed by atoms with E-state index in [1.165, 1.54) is 0 Å². The molecule has 14 nitrogen and oxygen atoms in total. The lowest BCUT2D eigenvalue weighted by atomic mass is 10.4. The first-order valence-corrected chi connectivity index (χ1v) is 14.1. The van der Waals surface area contributed by atoms with Gasteiger partial charge in [-0.2, -0.15) is 11.8 Å². The first kappa shape index (κ1) is 35.3.